The lowest BCUT2D eigenvalue weighted by Crippen LogP contribution is -2.37. The van der Waals surface area contributed by atoms with Crippen LogP contribution in [0.3, 0.4) is 0 Å². The van der Waals surface area contributed by atoms with Crippen LogP contribution in [0.5, 0.6) is 0 Å². The number of nitrogens with zero attached hydrogens (tertiary/aromatic N) is 1. The Balaban J connectivity index is 4.34. The normalized spacial score (nSPS) is 13.8. The third-order valence-corrected chi connectivity index (χ3v) is 10.7. The number of phosphoric acid groups is 1. The van der Waals surface area contributed by atoms with Gasteiger partial charge in [-0.05, 0) is 44.9 Å². The molecule has 10 heteroatoms. The van der Waals surface area contributed by atoms with E-state index in [9.17, 15) is 19.0 Å². The van der Waals surface area contributed by atoms with Gasteiger partial charge in [0, 0.05) is 12.8 Å². The highest BCUT2D eigenvalue weighted by Crippen LogP contribution is 2.38. The number of esters is 2. The molecule has 0 aromatic rings. The molecular formula is C45H86NO8P. The zero-order valence-corrected chi connectivity index (χ0v) is 37.3. The zero-order chi connectivity index (χ0) is 40.7. The molecule has 0 rings (SSSR count). The Hall–Kier alpha value is -1.51. The van der Waals surface area contributed by atoms with Gasteiger partial charge in [-0.2, -0.15) is 0 Å². The number of hydrogen-bond donors (Lipinski definition) is 0. The highest BCUT2D eigenvalue weighted by molar-refractivity contribution is 7.45. The first-order chi connectivity index (χ1) is 26.5. The second-order valence-corrected chi connectivity index (χ2v) is 17.8. The van der Waals surface area contributed by atoms with Gasteiger partial charge < -0.3 is 27.9 Å². The SMILES string of the molecule is CCCCC/C=C\C/C=C\CCCCCCCCCC(=O)O[C@H](COC(=O)CCCCCCCCCCCCCCCC)COP(=O)([O-])OCC[N+](C)(C)C. The van der Waals surface area contributed by atoms with Crippen LogP contribution in [0.25, 0.3) is 0 Å². The summed E-state index contributed by atoms with van der Waals surface area (Å²) in [6.45, 7) is 4.21. The molecule has 0 fully saturated rings. The van der Waals surface area contributed by atoms with E-state index in [0.29, 0.717) is 17.4 Å². The smallest absolute Gasteiger partial charge is 0.306 e. The van der Waals surface area contributed by atoms with Crippen LogP contribution in [0.4, 0.5) is 0 Å². The molecule has 1 unspecified atom stereocenters. The number of rotatable bonds is 41. The second-order valence-electron chi connectivity index (χ2n) is 16.4. The molecule has 0 aliphatic carbocycles. The molecular weight excluding hydrogens is 713 g/mol. The summed E-state index contributed by atoms with van der Waals surface area (Å²) < 4.78 is 33.9. The second kappa shape index (κ2) is 38.0. The quantitative estimate of drug-likeness (QED) is 0.0198. The number of allylic oxidation sites excluding steroid dienone is 4. The number of unbranched alkanes of at least 4 members (excludes halogenated alkanes) is 23. The maximum atomic E-state index is 12.7. The van der Waals surface area contributed by atoms with Crippen molar-refractivity contribution < 1.29 is 42.1 Å². The van der Waals surface area contributed by atoms with E-state index in [1.165, 1.54) is 116 Å². The predicted molar refractivity (Wildman–Crippen MR) is 227 cm³/mol. The summed E-state index contributed by atoms with van der Waals surface area (Å²) in [6.07, 6.45) is 40.5. The van der Waals surface area contributed by atoms with Crippen LogP contribution in [0.2, 0.25) is 0 Å². The summed E-state index contributed by atoms with van der Waals surface area (Å²) in [4.78, 5) is 37.5. The molecule has 0 N–H and O–H groups in total. The summed E-state index contributed by atoms with van der Waals surface area (Å²) >= 11 is 0. The molecule has 55 heavy (non-hydrogen) atoms. The molecule has 0 spiro atoms. The third kappa shape index (κ3) is 41.9. The van der Waals surface area contributed by atoms with Crippen LogP contribution >= 0.6 is 7.82 Å². The number of ether oxygens (including phenoxy) is 2. The van der Waals surface area contributed by atoms with E-state index < -0.39 is 26.5 Å². The zero-order valence-electron chi connectivity index (χ0n) is 36.4. The number of hydrogen-bond acceptors (Lipinski definition) is 8. The highest BCUT2D eigenvalue weighted by atomic mass is 31.2. The number of carbonyl (C=O) groups is 2. The average Bonchev–Trinajstić information content (AvgIpc) is 3.13. The Bertz CT molecular complexity index is 996. The fourth-order valence-corrected chi connectivity index (χ4v) is 6.88. The van der Waals surface area contributed by atoms with Gasteiger partial charge in [0.05, 0.1) is 27.7 Å². The van der Waals surface area contributed by atoms with Crippen LogP contribution in [0.1, 0.15) is 200 Å². The summed E-state index contributed by atoms with van der Waals surface area (Å²) in [5.74, 6) is -0.836. The van der Waals surface area contributed by atoms with Gasteiger partial charge >= 0.3 is 11.9 Å². The minimum absolute atomic E-state index is 0.0307. The van der Waals surface area contributed by atoms with Crippen LogP contribution in [0, 0.1) is 0 Å². The van der Waals surface area contributed by atoms with Crippen molar-refractivity contribution in [2.75, 3.05) is 47.5 Å². The van der Waals surface area contributed by atoms with Crippen LogP contribution in [0.15, 0.2) is 24.3 Å². The van der Waals surface area contributed by atoms with Crippen molar-refractivity contribution in [1.29, 1.82) is 0 Å². The molecule has 0 aliphatic heterocycles. The van der Waals surface area contributed by atoms with Crippen molar-refractivity contribution in [3.63, 3.8) is 0 Å². The Morgan fingerprint density at radius 3 is 1.47 bits per heavy atom. The van der Waals surface area contributed by atoms with Crippen molar-refractivity contribution >= 4 is 19.8 Å². The van der Waals surface area contributed by atoms with E-state index in [4.69, 9.17) is 18.5 Å². The maximum Gasteiger partial charge on any atom is 0.306 e. The van der Waals surface area contributed by atoms with Gasteiger partial charge in [0.15, 0.2) is 6.10 Å². The Morgan fingerprint density at radius 2 is 0.982 bits per heavy atom. The molecule has 2 atom stereocenters. The Labute approximate surface area is 339 Å². The Kier molecular flexibility index (Phi) is 37.0. The lowest BCUT2D eigenvalue weighted by molar-refractivity contribution is -0.870. The van der Waals surface area contributed by atoms with Gasteiger partial charge in [-0.1, -0.05) is 167 Å². The van der Waals surface area contributed by atoms with E-state index in [1.807, 2.05) is 21.1 Å². The molecule has 324 valence electrons. The summed E-state index contributed by atoms with van der Waals surface area (Å²) in [5, 5.41) is 0. The van der Waals surface area contributed by atoms with Crippen molar-refractivity contribution in [2.24, 2.45) is 0 Å². The van der Waals surface area contributed by atoms with Crippen LogP contribution < -0.4 is 4.89 Å². The van der Waals surface area contributed by atoms with Crippen LogP contribution in [-0.4, -0.2) is 70.0 Å². The third-order valence-electron chi connectivity index (χ3n) is 9.72. The highest BCUT2D eigenvalue weighted by Gasteiger charge is 2.21. The van der Waals surface area contributed by atoms with Crippen LogP contribution in [-0.2, 0) is 32.7 Å². The lowest BCUT2D eigenvalue weighted by Gasteiger charge is -2.28. The summed E-state index contributed by atoms with van der Waals surface area (Å²) in [7, 11) is 1.17. The van der Waals surface area contributed by atoms with Crippen molar-refractivity contribution in [2.45, 2.75) is 206 Å². The van der Waals surface area contributed by atoms with Crippen molar-refractivity contribution in [3.05, 3.63) is 24.3 Å². The standard InChI is InChI=1S/C45H86NO8P/c1-6-8-10-12-14-16-18-20-22-23-24-26-28-30-32-34-36-38-45(48)54-43(42-53-55(49,50)52-40-39-46(3,4)5)41-51-44(47)37-35-33-31-29-27-25-21-19-17-15-13-11-9-7-2/h14,16,20,22,43H,6-13,15,17-19,21,23-42H2,1-5H3/b16-14-,22-20-/t43-/m1/s1. The topological polar surface area (TPSA) is 111 Å². The summed E-state index contributed by atoms with van der Waals surface area (Å²) in [5.41, 5.74) is 0. The first-order valence-corrected chi connectivity index (χ1v) is 24.0. The first kappa shape index (κ1) is 53.5. The maximum absolute atomic E-state index is 12.7. The van der Waals surface area contributed by atoms with E-state index in [0.717, 1.165) is 51.4 Å². The molecule has 0 saturated carbocycles. The fourth-order valence-electron chi connectivity index (χ4n) is 6.16. The largest absolute Gasteiger partial charge is 0.756 e. The number of phosphoric ester groups is 1. The number of carbonyl (C=O) groups excluding carboxylic acids is 2. The van der Waals surface area contributed by atoms with E-state index >= 15 is 0 Å². The molecule has 0 aliphatic rings. The molecule has 0 amide bonds. The van der Waals surface area contributed by atoms with E-state index in [-0.39, 0.29) is 32.0 Å². The summed E-state index contributed by atoms with van der Waals surface area (Å²) in [6, 6.07) is 0. The Morgan fingerprint density at radius 1 is 0.564 bits per heavy atom. The number of quaternary nitrogens is 1. The molecule has 0 heterocycles. The average molecular weight is 800 g/mol. The van der Waals surface area contributed by atoms with Crippen molar-refractivity contribution in [1.82, 2.24) is 0 Å². The van der Waals surface area contributed by atoms with Gasteiger partial charge in [0.1, 0.15) is 19.8 Å². The van der Waals surface area contributed by atoms with E-state index in [1.54, 1.807) is 0 Å². The van der Waals surface area contributed by atoms with E-state index in [2.05, 4.69) is 38.2 Å². The first-order valence-electron chi connectivity index (χ1n) is 22.5. The molecule has 0 saturated heterocycles. The lowest BCUT2D eigenvalue weighted by atomic mass is 10.0. The van der Waals surface area contributed by atoms with Gasteiger partial charge in [-0.3, -0.25) is 14.2 Å². The molecule has 0 bridgehead atoms. The van der Waals surface area contributed by atoms with Gasteiger partial charge in [-0.25, -0.2) is 0 Å². The predicted octanol–water partition coefficient (Wildman–Crippen LogP) is 12.1. The monoisotopic (exact) mass is 800 g/mol. The molecule has 0 aromatic heterocycles. The number of likely N-dealkylation sites (N-methyl/N-ethyl adjacent to an activating group) is 1. The van der Waals surface area contributed by atoms with Gasteiger partial charge in [0.25, 0.3) is 7.82 Å². The van der Waals surface area contributed by atoms with Crippen molar-refractivity contribution in [3.8, 4) is 0 Å². The van der Waals surface area contributed by atoms with Gasteiger partial charge in [-0.15, -0.1) is 0 Å². The molecule has 9 nitrogen and oxygen atoms in total. The minimum atomic E-state index is -4.62. The molecule has 0 radical (unpaired) electrons. The molecule has 0 aromatic carbocycles. The van der Waals surface area contributed by atoms with Gasteiger partial charge in [0.2, 0.25) is 0 Å². The fraction of sp³-hybridized carbons (Fsp3) is 0.867. The minimum Gasteiger partial charge on any atom is -0.756 e.